The molecule has 2 aliphatic heterocycles. The van der Waals surface area contributed by atoms with Crippen molar-refractivity contribution in [3.8, 4) is 0 Å². The van der Waals surface area contributed by atoms with Gasteiger partial charge in [-0.2, -0.15) is 0 Å². The maximum atomic E-state index is 6.05. The Kier molecular flexibility index (Phi) is 4.36. The minimum absolute atomic E-state index is 0.340. The second-order valence-corrected chi connectivity index (χ2v) is 6.09. The molecule has 0 aliphatic carbocycles. The summed E-state index contributed by atoms with van der Waals surface area (Å²) in [5.74, 6) is 0.578. The number of fused-ring (bicyclic) bond motifs is 2. The first-order valence-corrected chi connectivity index (χ1v) is 8.10. The Balaban J connectivity index is 1.80. The number of aryl methyl sites for hydroxylation is 1. The fourth-order valence-electron chi connectivity index (χ4n) is 3.70. The molecular formula is C15H26N4O. The lowest BCUT2D eigenvalue weighted by atomic mass is 9.82. The Morgan fingerprint density at radius 2 is 2.30 bits per heavy atom. The average Bonchev–Trinajstić information content (AvgIpc) is 3.16. The number of aromatic nitrogens is 3. The van der Waals surface area contributed by atoms with E-state index in [1.54, 1.807) is 0 Å². The van der Waals surface area contributed by atoms with Crippen molar-refractivity contribution in [2.24, 2.45) is 5.92 Å². The SMILES string of the molecule is CCCNC(c1cnnn1CCC)C1CC2CCC1O2. The van der Waals surface area contributed by atoms with Crippen LogP contribution in [0.5, 0.6) is 0 Å². The van der Waals surface area contributed by atoms with E-state index in [0.29, 0.717) is 24.2 Å². The quantitative estimate of drug-likeness (QED) is 0.831. The zero-order chi connectivity index (χ0) is 13.9. The molecule has 112 valence electrons. The second kappa shape index (κ2) is 6.22. The summed E-state index contributed by atoms with van der Waals surface area (Å²) in [7, 11) is 0. The van der Waals surface area contributed by atoms with Crippen molar-refractivity contribution in [1.29, 1.82) is 0 Å². The molecule has 5 heteroatoms. The highest BCUT2D eigenvalue weighted by atomic mass is 16.5. The summed E-state index contributed by atoms with van der Waals surface area (Å²) >= 11 is 0. The molecule has 5 nitrogen and oxygen atoms in total. The number of ether oxygens (including phenoxy) is 1. The van der Waals surface area contributed by atoms with Gasteiger partial charge >= 0.3 is 0 Å². The standard InChI is InChI=1S/C15H26N4O/c1-3-7-16-15(12-9-11-5-6-14(12)20-11)13-10-17-18-19(13)8-4-2/h10-12,14-16H,3-9H2,1-2H3. The summed E-state index contributed by atoms with van der Waals surface area (Å²) in [6.07, 6.45) is 8.74. The number of nitrogens with one attached hydrogen (secondary N) is 1. The molecule has 4 atom stereocenters. The molecule has 20 heavy (non-hydrogen) atoms. The van der Waals surface area contributed by atoms with Gasteiger partial charge in [-0.15, -0.1) is 5.10 Å². The zero-order valence-corrected chi connectivity index (χ0v) is 12.6. The third kappa shape index (κ3) is 2.61. The minimum atomic E-state index is 0.340. The number of nitrogens with zero attached hydrogens (tertiary/aromatic N) is 3. The first kappa shape index (κ1) is 14.0. The number of hydrogen-bond acceptors (Lipinski definition) is 4. The van der Waals surface area contributed by atoms with E-state index in [-0.39, 0.29) is 0 Å². The molecule has 3 rings (SSSR count). The number of rotatable bonds is 7. The molecule has 2 aliphatic rings. The lowest BCUT2D eigenvalue weighted by Gasteiger charge is -2.29. The molecule has 0 radical (unpaired) electrons. The predicted octanol–water partition coefficient (Wildman–Crippen LogP) is 2.30. The van der Waals surface area contributed by atoms with Crippen LogP contribution in [0.1, 0.15) is 57.7 Å². The largest absolute Gasteiger partial charge is 0.375 e. The van der Waals surface area contributed by atoms with Gasteiger partial charge < -0.3 is 10.1 Å². The van der Waals surface area contributed by atoms with Crippen LogP contribution in [0, 0.1) is 5.92 Å². The zero-order valence-electron chi connectivity index (χ0n) is 12.6. The van der Waals surface area contributed by atoms with Gasteiger partial charge in [0.1, 0.15) is 0 Å². The highest BCUT2D eigenvalue weighted by Gasteiger charge is 2.45. The molecule has 4 unspecified atom stereocenters. The maximum Gasteiger partial charge on any atom is 0.0760 e. The smallest absolute Gasteiger partial charge is 0.0760 e. The van der Waals surface area contributed by atoms with Crippen LogP contribution in [0.15, 0.2) is 6.20 Å². The van der Waals surface area contributed by atoms with E-state index >= 15 is 0 Å². The van der Waals surface area contributed by atoms with Crippen LogP contribution >= 0.6 is 0 Å². The minimum Gasteiger partial charge on any atom is -0.375 e. The summed E-state index contributed by atoms with van der Waals surface area (Å²) in [5, 5.41) is 12.1. The molecule has 1 aromatic heterocycles. The Morgan fingerprint density at radius 3 is 2.95 bits per heavy atom. The first-order chi connectivity index (χ1) is 9.83. The molecule has 0 aromatic carbocycles. The summed E-state index contributed by atoms with van der Waals surface area (Å²) in [6.45, 7) is 6.38. The Bertz CT molecular complexity index is 433. The van der Waals surface area contributed by atoms with Crippen molar-refractivity contribution in [3.05, 3.63) is 11.9 Å². The Morgan fingerprint density at radius 1 is 1.40 bits per heavy atom. The summed E-state index contributed by atoms with van der Waals surface area (Å²) in [6, 6.07) is 0.340. The van der Waals surface area contributed by atoms with Gasteiger partial charge in [0.05, 0.1) is 30.1 Å². The van der Waals surface area contributed by atoms with E-state index in [4.69, 9.17) is 4.74 Å². The normalized spacial score (nSPS) is 30.0. The topological polar surface area (TPSA) is 52.0 Å². The lowest BCUT2D eigenvalue weighted by molar-refractivity contribution is 0.0849. The van der Waals surface area contributed by atoms with Crippen molar-refractivity contribution in [2.45, 2.75) is 70.7 Å². The van der Waals surface area contributed by atoms with Gasteiger partial charge in [0.2, 0.25) is 0 Å². The Hall–Kier alpha value is -0.940. The van der Waals surface area contributed by atoms with Crippen molar-refractivity contribution < 1.29 is 4.74 Å². The molecule has 0 spiro atoms. The van der Waals surface area contributed by atoms with Crippen LogP contribution in [-0.2, 0) is 11.3 Å². The van der Waals surface area contributed by atoms with Crippen LogP contribution in [0.25, 0.3) is 0 Å². The van der Waals surface area contributed by atoms with E-state index in [0.717, 1.165) is 25.9 Å². The summed E-state index contributed by atoms with van der Waals surface area (Å²) < 4.78 is 8.12. The first-order valence-electron chi connectivity index (χ1n) is 8.10. The summed E-state index contributed by atoms with van der Waals surface area (Å²) in [5.41, 5.74) is 1.24. The van der Waals surface area contributed by atoms with Crippen molar-refractivity contribution in [2.75, 3.05) is 6.54 Å². The van der Waals surface area contributed by atoms with Gasteiger partial charge in [-0.3, -0.25) is 0 Å². The van der Waals surface area contributed by atoms with E-state index in [1.807, 2.05) is 6.20 Å². The molecule has 1 aromatic rings. The van der Waals surface area contributed by atoms with Gasteiger partial charge in [-0.1, -0.05) is 19.1 Å². The monoisotopic (exact) mass is 278 g/mol. The van der Waals surface area contributed by atoms with Gasteiger partial charge in [0.25, 0.3) is 0 Å². The van der Waals surface area contributed by atoms with Crippen LogP contribution in [0.2, 0.25) is 0 Å². The molecular weight excluding hydrogens is 252 g/mol. The third-order valence-electron chi connectivity index (χ3n) is 4.60. The third-order valence-corrected chi connectivity index (χ3v) is 4.60. The van der Waals surface area contributed by atoms with Gasteiger partial charge in [0, 0.05) is 12.5 Å². The average molecular weight is 278 g/mol. The Labute approximate surface area is 121 Å². The van der Waals surface area contributed by atoms with Crippen molar-refractivity contribution >= 4 is 0 Å². The lowest BCUT2D eigenvalue weighted by Crippen LogP contribution is -2.35. The highest BCUT2D eigenvalue weighted by Crippen LogP contribution is 2.44. The van der Waals surface area contributed by atoms with E-state index in [9.17, 15) is 0 Å². The molecule has 1 N–H and O–H groups in total. The molecule has 2 fully saturated rings. The summed E-state index contributed by atoms with van der Waals surface area (Å²) in [4.78, 5) is 0. The van der Waals surface area contributed by atoms with Gasteiger partial charge in [-0.25, -0.2) is 4.68 Å². The van der Waals surface area contributed by atoms with Crippen LogP contribution in [0.4, 0.5) is 0 Å². The molecule has 3 heterocycles. The van der Waals surface area contributed by atoms with Crippen LogP contribution < -0.4 is 5.32 Å². The molecule has 0 amide bonds. The second-order valence-electron chi connectivity index (χ2n) is 6.09. The van der Waals surface area contributed by atoms with E-state index in [1.165, 1.54) is 25.0 Å². The van der Waals surface area contributed by atoms with E-state index < -0.39 is 0 Å². The van der Waals surface area contributed by atoms with Crippen molar-refractivity contribution in [1.82, 2.24) is 20.3 Å². The maximum absolute atomic E-state index is 6.05. The van der Waals surface area contributed by atoms with Gasteiger partial charge in [0.15, 0.2) is 0 Å². The van der Waals surface area contributed by atoms with Crippen LogP contribution in [-0.4, -0.2) is 33.7 Å². The molecule has 0 saturated carbocycles. The fraction of sp³-hybridized carbons (Fsp3) is 0.867. The van der Waals surface area contributed by atoms with E-state index in [2.05, 4.69) is 34.2 Å². The van der Waals surface area contributed by atoms with Gasteiger partial charge in [-0.05, 0) is 38.6 Å². The number of hydrogen-bond donors (Lipinski definition) is 1. The molecule has 2 bridgehead atoms. The molecule has 2 saturated heterocycles. The fourth-order valence-corrected chi connectivity index (χ4v) is 3.70. The van der Waals surface area contributed by atoms with Crippen LogP contribution in [0.3, 0.4) is 0 Å². The predicted molar refractivity (Wildman–Crippen MR) is 77.3 cm³/mol. The highest BCUT2D eigenvalue weighted by molar-refractivity contribution is 5.09. The van der Waals surface area contributed by atoms with Crippen molar-refractivity contribution in [3.63, 3.8) is 0 Å².